The van der Waals surface area contributed by atoms with E-state index in [2.05, 4.69) is 109 Å². The largest absolute Gasteiger partial charge is 0.455 e. The Morgan fingerprint density at radius 2 is 0.827 bits per heavy atom. The van der Waals surface area contributed by atoms with E-state index in [1.54, 1.807) is 0 Å². The molecule has 5 heteroatoms. The molecule has 5 nitrogen and oxygen atoms in total. The van der Waals surface area contributed by atoms with Gasteiger partial charge in [-0.05, 0) is 51.6 Å². The van der Waals surface area contributed by atoms with Crippen LogP contribution in [0.1, 0.15) is 0 Å². The van der Waals surface area contributed by atoms with Crippen molar-refractivity contribution in [2.24, 2.45) is 0 Å². The number of aromatic nitrogens is 3. The van der Waals surface area contributed by atoms with Crippen molar-refractivity contribution in [1.82, 2.24) is 15.0 Å². The van der Waals surface area contributed by atoms with E-state index in [1.807, 2.05) is 54.6 Å². The molecule has 0 aliphatic rings. The van der Waals surface area contributed by atoms with Gasteiger partial charge < -0.3 is 8.83 Å². The third kappa shape index (κ3) is 4.33. The lowest BCUT2D eigenvalue weighted by atomic mass is 9.97. The molecule has 0 atom stereocenters. The van der Waals surface area contributed by atoms with Crippen molar-refractivity contribution >= 4 is 65.4 Å². The molecule has 0 bridgehead atoms. The van der Waals surface area contributed by atoms with Crippen molar-refractivity contribution in [3.63, 3.8) is 0 Å². The van der Waals surface area contributed by atoms with Crippen LogP contribution in [0.25, 0.3) is 111 Å². The van der Waals surface area contributed by atoms with Crippen molar-refractivity contribution in [1.29, 1.82) is 0 Å². The number of fused-ring (bicyclic) bond motifs is 9. The Balaban J connectivity index is 1.22. The number of hydrogen-bond acceptors (Lipinski definition) is 5. The molecule has 0 unspecified atom stereocenters. The Morgan fingerprint density at radius 3 is 1.65 bits per heavy atom. The van der Waals surface area contributed by atoms with E-state index in [9.17, 15) is 0 Å². The number of para-hydroxylation sites is 3. The van der Waals surface area contributed by atoms with Crippen LogP contribution in [0.3, 0.4) is 0 Å². The van der Waals surface area contributed by atoms with Gasteiger partial charge in [0.25, 0.3) is 0 Å². The molecule has 3 aromatic heterocycles. The Labute approximate surface area is 297 Å². The number of furan rings is 2. The molecule has 52 heavy (non-hydrogen) atoms. The van der Waals surface area contributed by atoms with Gasteiger partial charge in [-0.1, -0.05) is 140 Å². The summed E-state index contributed by atoms with van der Waals surface area (Å²) in [5.41, 5.74) is 7.87. The highest BCUT2D eigenvalue weighted by molar-refractivity contribution is 6.16. The molecule has 0 saturated carbocycles. The van der Waals surface area contributed by atoms with E-state index in [1.165, 1.54) is 0 Å². The van der Waals surface area contributed by atoms with Gasteiger partial charge >= 0.3 is 0 Å². The van der Waals surface area contributed by atoms with Crippen LogP contribution < -0.4 is 0 Å². The second-order valence-corrected chi connectivity index (χ2v) is 13.1. The summed E-state index contributed by atoms with van der Waals surface area (Å²) >= 11 is 0. The van der Waals surface area contributed by atoms with Gasteiger partial charge in [0, 0.05) is 32.5 Å². The summed E-state index contributed by atoms with van der Waals surface area (Å²) in [5.74, 6) is 1.63. The SMILES string of the molecule is c1ccc(-c2cccc3oc4c(-c5nc(-c6cccc7c6oc6ccccc67)nc(-c6cccc7ccc8ccccc8c67)n5)cccc4c23)cc1. The highest BCUT2D eigenvalue weighted by atomic mass is 16.3. The molecule has 0 N–H and O–H groups in total. The summed E-state index contributed by atoms with van der Waals surface area (Å²) < 4.78 is 13.2. The molecular formula is C47H27N3O2. The van der Waals surface area contributed by atoms with Crippen LogP contribution in [0.5, 0.6) is 0 Å². The monoisotopic (exact) mass is 665 g/mol. The van der Waals surface area contributed by atoms with Gasteiger partial charge in [0.15, 0.2) is 17.5 Å². The van der Waals surface area contributed by atoms with Crippen LogP contribution in [0.15, 0.2) is 173 Å². The number of rotatable bonds is 4. The van der Waals surface area contributed by atoms with E-state index in [4.69, 9.17) is 23.8 Å². The summed E-state index contributed by atoms with van der Waals surface area (Å²) in [4.78, 5) is 15.7. The third-order valence-electron chi connectivity index (χ3n) is 10.1. The minimum Gasteiger partial charge on any atom is -0.455 e. The van der Waals surface area contributed by atoms with Gasteiger partial charge in [0.2, 0.25) is 0 Å². The van der Waals surface area contributed by atoms with Crippen molar-refractivity contribution in [3.05, 3.63) is 164 Å². The smallest absolute Gasteiger partial charge is 0.167 e. The van der Waals surface area contributed by atoms with Crippen LogP contribution >= 0.6 is 0 Å². The topological polar surface area (TPSA) is 65.0 Å². The lowest BCUT2D eigenvalue weighted by Gasteiger charge is -2.12. The second kappa shape index (κ2) is 11.2. The number of benzene rings is 8. The maximum atomic E-state index is 6.71. The van der Waals surface area contributed by atoms with E-state index in [-0.39, 0.29) is 0 Å². The normalized spacial score (nSPS) is 11.8. The Kier molecular flexibility index (Phi) is 6.18. The van der Waals surface area contributed by atoms with E-state index >= 15 is 0 Å². The molecule has 3 heterocycles. The number of nitrogens with zero attached hydrogens (tertiary/aromatic N) is 3. The van der Waals surface area contributed by atoms with Gasteiger partial charge in [-0.15, -0.1) is 0 Å². The predicted octanol–water partition coefficient (Wildman–Crippen LogP) is 12.6. The lowest BCUT2D eigenvalue weighted by molar-refractivity contribution is 0.669. The molecule has 0 aliphatic carbocycles. The summed E-state index contributed by atoms with van der Waals surface area (Å²) in [6, 6.07) is 56.2. The first-order valence-electron chi connectivity index (χ1n) is 17.4. The highest BCUT2D eigenvalue weighted by Crippen LogP contribution is 2.42. The molecule has 8 aromatic carbocycles. The fraction of sp³-hybridized carbons (Fsp3) is 0. The summed E-state index contributed by atoms with van der Waals surface area (Å²) in [6.45, 7) is 0. The van der Waals surface area contributed by atoms with Crippen LogP contribution in [-0.4, -0.2) is 15.0 Å². The predicted molar refractivity (Wildman–Crippen MR) is 211 cm³/mol. The van der Waals surface area contributed by atoms with Crippen LogP contribution in [-0.2, 0) is 0 Å². The van der Waals surface area contributed by atoms with E-state index in [0.717, 1.165) is 93.2 Å². The van der Waals surface area contributed by atoms with Crippen molar-refractivity contribution in [2.45, 2.75) is 0 Å². The minimum atomic E-state index is 0.524. The highest BCUT2D eigenvalue weighted by Gasteiger charge is 2.22. The fourth-order valence-corrected chi connectivity index (χ4v) is 7.79. The lowest BCUT2D eigenvalue weighted by Crippen LogP contribution is -2.01. The zero-order valence-electron chi connectivity index (χ0n) is 27.7. The molecule has 0 aliphatic heterocycles. The average molecular weight is 666 g/mol. The van der Waals surface area contributed by atoms with Crippen molar-refractivity contribution in [2.75, 3.05) is 0 Å². The Morgan fingerprint density at radius 1 is 0.308 bits per heavy atom. The number of hydrogen-bond donors (Lipinski definition) is 0. The van der Waals surface area contributed by atoms with Gasteiger partial charge in [-0.2, -0.15) is 0 Å². The first kappa shape index (κ1) is 28.7. The third-order valence-corrected chi connectivity index (χ3v) is 10.1. The van der Waals surface area contributed by atoms with Gasteiger partial charge in [0.05, 0.1) is 11.1 Å². The zero-order valence-corrected chi connectivity index (χ0v) is 27.7. The molecule has 0 fully saturated rings. The quantitative estimate of drug-likeness (QED) is 0.175. The maximum absolute atomic E-state index is 6.71. The molecular weight excluding hydrogens is 639 g/mol. The Hall–Kier alpha value is -7.11. The van der Waals surface area contributed by atoms with Crippen LogP contribution in [0.2, 0.25) is 0 Å². The van der Waals surface area contributed by atoms with Crippen LogP contribution in [0.4, 0.5) is 0 Å². The van der Waals surface area contributed by atoms with Crippen molar-refractivity contribution < 1.29 is 8.83 Å². The van der Waals surface area contributed by atoms with Gasteiger partial charge in [-0.25, -0.2) is 15.0 Å². The minimum absolute atomic E-state index is 0.524. The summed E-state index contributed by atoms with van der Waals surface area (Å²) in [7, 11) is 0. The molecule has 11 rings (SSSR count). The second-order valence-electron chi connectivity index (χ2n) is 13.1. The maximum Gasteiger partial charge on any atom is 0.167 e. The molecule has 0 spiro atoms. The van der Waals surface area contributed by atoms with E-state index in [0.29, 0.717) is 17.5 Å². The zero-order chi connectivity index (χ0) is 34.2. The molecule has 0 radical (unpaired) electrons. The Bertz CT molecular complexity index is 3190. The molecule has 0 amide bonds. The fourth-order valence-electron chi connectivity index (χ4n) is 7.79. The van der Waals surface area contributed by atoms with Crippen LogP contribution in [0, 0.1) is 0 Å². The standard InChI is InChI=1S/C47H27N3O2/c1-2-12-28(13-3-1)32-18-11-25-40-42(32)35-20-10-23-38(44(35)52-40)47-49-45(36-21-8-15-30-27-26-29-14-4-5-16-31(29)41(30)36)48-46(50-47)37-22-9-19-34-33-17-6-7-24-39(33)51-43(34)37/h1-27H. The molecule has 0 saturated heterocycles. The molecule has 242 valence electrons. The average Bonchev–Trinajstić information content (AvgIpc) is 3.79. The summed E-state index contributed by atoms with van der Waals surface area (Å²) in [5, 5.41) is 8.65. The first-order chi connectivity index (χ1) is 25.8. The van der Waals surface area contributed by atoms with E-state index < -0.39 is 0 Å². The van der Waals surface area contributed by atoms with Gasteiger partial charge in [-0.3, -0.25) is 0 Å². The van der Waals surface area contributed by atoms with Crippen molar-refractivity contribution in [3.8, 4) is 45.3 Å². The molecule has 11 aromatic rings. The first-order valence-corrected chi connectivity index (χ1v) is 17.4. The summed E-state index contributed by atoms with van der Waals surface area (Å²) in [6.07, 6.45) is 0. The van der Waals surface area contributed by atoms with Gasteiger partial charge in [0.1, 0.15) is 22.3 Å².